The van der Waals surface area contributed by atoms with E-state index < -0.39 is 28.3 Å². The van der Waals surface area contributed by atoms with E-state index in [2.05, 4.69) is 10.6 Å². The first-order valence-electron chi connectivity index (χ1n) is 4.78. The third-order valence-corrected chi connectivity index (χ3v) is 3.38. The number of carboxylic acid groups (broad SMARTS) is 1. The van der Waals surface area contributed by atoms with Gasteiger partial charge in [-0.15, -0.1) is 0 Å². The predicted octanol–water partition coefficient (Wildman–Crippen LogP) is -0.0842. The van der Waals surface area contributed by atoms with Gasteiger partial charge in [0.25, 0.3) is 0 Å². The second-order valence-electron chi connectivity index (χ2n) is 4.07. The quantitative estimate of drug-likeness (QED) is 0.635. The summed E-state index contributed by atoms with van der Waals surface area (Å²) in [5, 5.41) is 13.4. The van der Waals surface area contributed by atoms with Crippen molar-refractivity contribution in [3.05, 3.63) is 0 Å². The second kappa shape index (κ2) is 5.83. The molecule has 0 heterocycles. The zero-order valence-electron chi connectivity index (χ0n) is 9.86. The van der Waals surface area contributed by atoms with Crippen LogP contribution in [0.25, 0.3) is 0 Å². The number of carboxylic acids is 1. The lowest BCUT2D eigenvalue weighted by atomic mass is 10.1. The van der Waals surface area contributed by atoms with Gasteiger partial charge in [0.1, 0.15) is 5.54 Å². The van der Waals surface area contributed by atoms with Crippen molar-refractivity contribution in [3.63, 3.8) is 0 Å². The zero-order valence-corrected chi connectivity index (χ0v) is 10.7. The summed E-state index contributed by atoms with van der Waals surface area (Å²) in [6.45, 7) is 4.75. The predicted molar refractivity (Wildman–Crippen MR) is 61.8 cm³/mol. The fourth-order valence-corrected chi connectivity index (χ4v) is 1.05. The molecule has 0 bridgehead atoms. The van der Waals surface area contributed by atoms with Crippen molar-refractivity contribution in [1.29, 1.82) is 0 Å². The van der Waals surface area contributed by atoms with E-state index in [1.54, 1.807) is 13.2 Å². The van der Waals surface area contributed by atoms with Gasteiger partial charge in [0.15, 0.2) is 0 Å². The molecule has 0 aromatic carbocycles. The van der Waals surface area contributed by atoms with Crippen LogP contribution in [0.1, 0.15) is 20.8 Å². The van der Waals surface area contributed by atoms with Gasteiger partial charge < -0.3 is 15.7 Å². The maximum absolute atomic E-state index is 11.3. The fourth-order valence-electron chi connectivity index (χ4n) is 0.735. The third kappa shape index (κ3) is 5.11. The molecule has 16 heavy (non-hydrogen) atoms. The van der Waals surface area contributed by atoms with E-state index in [9.17, 15) is 13.8 Å². The van der Waals surface area contributed by atoms with Crippen LogP contribution >= 0.6 is 0 Å². The van der Waals surface area contributed by atoms with Crippen LogP contribution in [0.5, 0.6) is 0 Å². The minimum absolute atomic E-state index is 0.168. The molecule has 3 N–H and O–H groups in total. The van der Waals surface area contributed by atoms with Gasteiger partial charge in [-0.1, -0.05) is 0 Å². The second-order valence-corrected chi connectivity index (χ2v) is 5.88. The van der Waals surface area contributed by atoms with Crippen LogP contribution in [0.15, 0.2) is 0 Å². The fraction of sp³-hybridized carbons (Fsp3) is 0.778. The molecule has 7 heteroatoms. The lowest BCUT2D eigenvalue weighted by molar-refractivity contribution is -0.142. The van der Waals surface area contributed by atoms with E-state index in [-0.39, 0.29) is 11.8 Å². The summed E-state index contributed by atoms with van der Waals surface area (Å²) in [6, 6.07) is -0.579. The number of carbonyl (C=O) groups is 2. The molecule has 0 rings (SSSR count). The molecule has 0 spiro atoms. The molecule has 0 fully saturated rings. The first-order chi connectivity index (χ1) is 7.16. The average Bonchev–Trinajstić information content (AvgIpc) is 2.12. The molecule has 0 aliphatic carbocycles. The summed E-state index contributed by atoms with van der Waals surface area (Å²) in [4.78, 5) is 22.0. The van der Waals surface area contributed by atoms with Crippen LogP contribution in [-0.2, 0) is 15.6 Å². The van der Waals surface area contributed by atoms with Crippen molar-refractivity contribution in [2.24, 2.45) is 0 Å². The van der Waals surface area contributed by atoms with Crippen molar-refractivity contribution in [3.8, 4) is 0 Å². The average molecular weight is 250 g/mol. The first kappa shape index (κ1) is 14.9. The summed E-state index contributed by atoms with van der Waals surface area (Å²) in [5.74, 6) is -1.12. The number of carbonyl (C=O) groups excluding carboxylic acids is 1. The van der Waals surface area contributed by atoms with Crippen molar-refractivity contribution >= 4 is 22.8 Å². The summed E-state index contributed by atoms with van der Waals surface area (Å²) in [6.07, 6.45) is 1.55. The highest BCUT2D eigenvalue weighted by atomic mass is 32.2. The molecular formula is C9H18N2O4S. The minimum Gasteiger partial charge on any atom is -0.480 e. The van der Waals surface area contributed by atoms with Crippen molar-refractivity contribution in [1.82, 2.24) is 10.6 Å². The normalized spacial score (nSPS) is 15.0. The SMILES string of the molecule is CC(CNC(=O)NC(C)(C)C(=O)O)S(C)=O. The molecule has 2 unspecified atom stereocenters. The molecule has 0 saturated heterocycles. The number of amides is 2. The van der Waals surface area contributed by atoms with Gasteiger partial charge in [-0.05, 0) is 20.8 Å². The van der Waals surface area contributed by atoms with Crippen molar-refractivity contribution in [2.45, 2.75) is 31.6 Å². The highest BCUT2D eigenvalue weighted by molar-refractivity contribution is 7.84. The maximum Gasteiger partial charge on any atom is 0.328 e. The van der Waals surface area contributed by atoms with Gasteiger partial charge in [0.05, 0.1) is 0 Å². The van der Waals surface area contributed by atoms with E-state index in [4.69, 9.17) is 5.11 Å². The molecule has 2 atom stereocenters. The Kier molecular flexibility index (Phi) is 5.43. The Balaban J connectivity index is 4.11. The molecule has 0 aliphatic heterocycles. The van der Waals surface area contributed by atoms with Gasteiger partial charge in [-0.3, -0.25) is 4.21 Å². The number of urea groups is 1. The van der Waals surface area contributed by atoms with Crippen molar-refractivity contribution in [2.75, 3.05) is 12.8 Å². The van der Waals surface area contributed by atoms with Crippen LogP contribution in [0.3, 0.4) is 0 Å². The van der Waals surface area contributed by atoms with E-state index in [0.717, 1.165) is 0 Å². The summed E-state index contributed by atoms with van der Waals surface area (Å²) in [7, 11) is -1.02. The van der Waals surface area contributed by atoms with Gasteiger partial charge in [-0.25, -0.2) is 9.59 Å². The highest BCUT2D eigenvalue weighted by Gasteiger charge is 2.28. The Morgan fingerprint density at radius 2 is 1.94 bits per heavy atom. The maximum atomic E-state index is 11.3. The summed E-state index contributed by atoms with van der Waals surface area (Å²) in [5.41, 5.74) is -1.32. The summed E-state index contributed by atoms with van der Waals surface area (Å²) >= 11 is 0. The number of hydrogen-bond donors (Lipinski definition) is 3. The Morgan fingerprint density at radius 1 is 1.44 bits per heavy atom. The molecule has 94 valence electrons. The van der Waals surface area contributed by atoms with E-state index in [0.29, 0.717) is 0 Å². The number of hydrogen-bond acceptors (Lipinski definition) is 3. The smallest absolute Gasteiger partial charge is 0.328 e. The first-order valence-corrected chi connectivity index (χ1v) is 6.40. The Morgan fingerprint density at radius 3 is 2.31 bits per heavy atom. The van der Waals surface area contributed by atoms with E-state index in [1.165, 1.54) is 13.8 Å². The lowest BCUT2D eigenvalue weighted by Gasteiger charge is -2.21. The topological polar surface area (TPSA) is 95.5 Å². The molecule has 0 aromatic heterocycles. The van der Waals surface area contributed by atoms with E-state index in [1.807, 2.05) is 0 Å². The Hall–Kier alpha value is -1.11. The Labute approximate surface area is 97.3 Å². The Bertz CT molecular complexity index is 304. The van der Waals surface area contributed by atoms with Crippen LogP contribution in [0.4, 0.5) is 4.79 Å². The van der Waals surface area contributed by atoms with Gasteiger partial charge >= 0.3 is 12.0 Å². The lowest BCUT2D eigenvalue weighted by Crippen LogP contribution is -2.54. The molecule has 6 nitrogen and oxygen atoms in total. The number of nitrogens with one attached hydrogen (secondary N) is 2. The monoisotopic (exact) mass is 250 g/mol. The van der Waals surface area contributed by atoms with Crippen LogP contribution in [0.2, 0.25) is 0 Å². The number of aliphatic carboxylic acids is 1. The molecule has 0 aliphatic rings. The van der Waals surface area contributed by atoms with Gasteiger partial charge in [0, 0.05) is 28.9 Å². The molecule has 2 amide bonds. The van der Waals surface area contributed by atoms with Crippen LogP contribution in [0, 0.1) is 0 Å². The zero-order chi connectivity index (χ0) is 12.9. The van der Waals surface area contributed by atoms with E-state index >= 15 is 0 Å². The highest BCUT2D eigenvalue weighted by Crippen LogP contribution is 2.01. The van der Waals surface area contributed by atoms with Gasteiger partial charge in [-0.2, -0.15) is 0 Å². The molecule has 0 radical (unpaired) electrons. The molecular weight excluding hydrogens is 232 g/mol. The molecule has 0 aromatic rings. The molecule has 0 saturated carbocycles. The third-order valence-electron chi connectivity index (χ3n) is 2.08. The van der Waals surface area contributed by atoms with Crippen LogP contribution < -0.4 is 10.6 Å². The summed E-state index contributed by atoms with van der Waals surface area (Å²) < 4.78 is 11.0. The van der Waals surface area contributed by atoms with Gasteiger partial charge in [0.2, 0.25) is 0 Å². The standard InChI is InChI=1S/C9H18N2O4S/c1-6(16(4)15)5-10-8(14)11-9(2,3)7(12)13/h6H,5H2,1-4H3,(H,12,13)(H2,10,11,14). The van der Waals surface area contributed by atoms with Crippen LogP contribution in [-0.4, -0.2) is 44.9 Å². The number of rotatable bonds is 5. The van der Waals surface area contributed by atoms with Crippen molar-refractivity contribution < 1.29 is 18.9 Å². The minimum atomic E-state index is -1.32. The largest absolute Gasteiger partial charge is 0.480 e.